The summed E-state index contributed by atoms with van der Waals surface area (Å²) in [6, 6.07) is -20.5. The highest BCUT2D eigenvalue weighted by Crippen LogP contribution is 2.23. The third-order valence-electron chi connectivity index (χ3n) is 19.8. The molecule has 3 saturated heterocycles. The summed E-state index contributed by atoms with van der Waals surface area (Å²) in [7, 11) is 0. The molecule has 0 radical (unpaired) electrons. The Morgan fingerprint density at radius 1 is 0.504 bits per heavy atom. The van der Waals surface area contributed by atoms with E-state index in [0.717, 1.165) is 6.42 Å². The molecule has 0 aliphatic carbocycles. The summed E-state index contributed by atoms with van der Waals surface area (Å²) >= 11 is 0. The maximum absolute atomic E-state index is 14.5. The minimum atomic E-state index is -1.81. The fraction of sp³-hybridized carbons (Fsp3) is 0.708. The highest BCUT2D eigenvalue weighted by molar-refractivity contribution is 6.01. The van der Waals surface area contributed by atoms with Crippen molar-refractivity contribution in [3.05, 3.63) is 18.2 Å². The molecular weight excluding hydrogens is 1480 g/mol. The maximum atomic E-state index is 14.5. The number of rotatable bonds is 46. The van der Waals surface area contributed by atoms with Gasteiger partial charge in [-0.15, -0.1) is 0 Å². The van der Waals surface area contributed by atoms with E-state index in [1.165, 1.54) is 50.0 Å². The van der Waals surface area contributed by atoms with Gasteiger partial charge in [-0.1, -0.05) is 68.2 Å². The van der Waals surface area contributed by atoms with Gasteiger partial charge in [0.15, 0.2) is 0 Å². The van der Waals surface area contributed by atoms with Crippen LogP contribution in [0.4, 0.5) is 0 Å². The molecule has 3 aliphatic rings. The average molecular weight is 1600 g/mol. The summed E-state index contributed by atoms with van der Waals surface area (Å²) in [4.78, 5) is 253. The van der Waals surface area contributed by atoms with Crippen LogP contribution < -0.4 is 85.9 Å². The Bertz CT molecular complexity index is 3520. The second-order valence-electron chi connectivity index (χ2n) is 30.1. The Hall–Kier alpha value is -10.4. The lowest BCUT2D eigenvalue weighted by Gasteiger charge is -2.31. The number of aromatic amines is 1. The first-order valence-electron chi connectivity index (χ1n) is 38.4. The van der Waals surface area contributed by atoms with Gasteiger partial charge in [0.05, 0.1) is 43.7 Å². The number of primary amides is 2. The Kier molecular flexibility index (Phi) is 38.6. The third-order valence-corrected chi connectivity index (χ3v) is 19.8. The molecule has 3 aliphatic heterocycles. The van der Waals surface area contributed by atoms with E-state index in [-0.39, 0.29) is 74.5 Å². The summed E-state index contributed by atoms with van der Waals surface area (Å²) in [5.41, 5.74) is 11.3. The second kappa shape index (κ2) is 45.9. The van der Waals surface area contributed by atoms with E-state index in [4.69, 9.17) is 11.5 Å². The first kappa shape index (κ1) is 94.9. The van der Waals surface area contributed by atoms with Crippen LogP contribution in [0.5, 0.6) is 0 Å². The highest BCUT2D eigenvalue weighted by Gasteiger charge is 2.43. The van der Waals surface area contributed by atoms with Gasteiger partial charge >= 0.3 is 5.97 Å². The van der Waals surface area contributed by atoms with E-state index >= 15 is 0 Å². The molecular formula is C72H118N20O21. The molecule has 17 amide bonds. The van der Waals surface area contributed by atoms with Crippen molar-refractivity contribution in [2.24, 2.45) is 35.1 Å². The molecule has 4 rings (SSSR count). The number of nitrogens with one attached hydrogen (secondary N) is 15. The highest BCUT2D eigenvalue weighted by atomic mass is 16.4. The molecule has 41 nitrogen and oxygen atoms in total. The van der Waals surface area contributed by atoms with Crippen LogP contribution in [0.2, 0.25) is 0 Å². The van der Waals surface area contributed by atoms with Crippen LogP contribution in [-0.2, 0) is 92.7 Å². The van der Waals surface area contributed by atoms with E-state index in [9.17, 15) is 102 Å². The Labute approximate surface area is 655 Å². The molecule has 0 saturated carbocycles. The van der Waals surface area contributed by atoms with E-state index in [0.29, 0.717) is 38.6 Å². The fourth-order valence-corrected chi connectivity index (χ4v) is 13.0. The van der Waals surface area contributed by atoms with Crippen molar-refractivity contribution in [1.82, 2.24) is 94.2 Å². The van der Waals surface area contributed by atoms with Crippen LogP contribution in [0.25, 0.3) is 0 Å². The monoisotopic (exact) mass is 1600 g/mol. The van der Waals surface area contributed by atoms with E-state index in [2.05, 4.69) is 84.4 Å². The van der Waals surface area contributed by atoms with Gasteiger partial charge in [-0.2, -0.15) is 0 Å². The molecule has 0 spiro atoms. The first-order valence-corrected chi connectivity index (χ1v) is 38.4. The van der Waals surface area contributed by atoms with Crippen LogP contribution in [-0.4, -0.2) is 271 Å². The number of hydrogen-bond donors (Lipinski definition) is 20. The van der Waals surface area contributed by atoms with Crippen molar-refractivity contribution in [3.63, 3.8) is 0 Å². The van der Waals surface area contributed by atoms with Gasteiger partial charge in [0.2, 0.25) is 100 Å². The Morgan fingerprint density at radius 2 is 0.982 bits per heavy atom. The largest absolute Gasteiger partial charge is 0.480 e. The second-order valence-corrected chi connectivity index (χ2v) is 30.1. The molecule has 113 heavy (non-hydrogen) atoms. The van der Waals surface area contributed by atoms with Crippen LogP contribution in [0.3, 0.4) is 0 Å². The molecule has 1 aromatic rings. The summed E-state index contributed by atoms with van der Waals surface area (Å²) in [5, 5.41) is 65.6. The fourth-order valence-electron chi connectivity index (χ4n) is 13.0. The predicted molar refractivity (Wildman–Crippen MR) is 402 cm³/mol. The smallest absolute Gasteiger partial charge is 0.326 e. The summed E-state index contributed by atoms with van der Waals surface area (Å²) in [5.74, 6) is -18.0. The number of carbonyl (C=O) groups is 18. The van der Waals surface area contributed by atoms with Crippen molar-refractivity contribution in [1.29, 1.82) is 0 Å². The molecule has 0 bridgehead atoms. The lowest BCUT2D eigenvalue weighted by atomic mass is 9.97. The number of H-pyrrole nitrogens is 1. The minimum absolute atomic E-state index is 0.0489. The number of aromatic nitrogens is 2. The zero-order valence-corrected chi connectivity index (χ0v) is 66.3. The summed E-state index contributed by atoms with van der Waals surface area (Å²) in [6.45, 7) is 17.9. The van der Waals surface area contributed by atoms with Crippen LogP contribution in [0, 0.1) is 23.7 Å². The molecule has 3 fully saturated rings. The number of amides is 17. The number of aliphatic hydroxyl groups is 2. The summed E-state index contributed by atoms with van der Waals surface area (Å²) < 4.78 is 0. The van der Waals surface area contributed by atoms with Crippen LogP contribution in [0.1, 0.15) is 172 Å². The Morgan fingerprint density at radius 3 is 1.49 bits per heavy atom. The third kappa shape index (κ3) is 29.9. The van der Waals surface area contributed by atoms with Gasteiger partial charge < -0.3 is 116 Å². The minimum Gasteiger partial charge on any atom is -0.480 e. The lowest BCUT2D eigenvalue weighted by Crippen LogP contribution is -2.61. The summed E-state index contributed by atoms with van der Waals surface area (Å²) in [6.07, 6.45) is 1.96. The number of imidazole rings is 1. The van der Waals surface area contributed by atoms with Crippen molar-refractivity contribution in [3.8, 4) is 0 Å². The van der Waals surface area contributed by atoms with Crippen molar-refractivity contribution in [2.75, 3.05) is 32.8 Å². The standard InChI is InChI=1S/C72H118N20O21/c1-13-36(7)55(89-59(99)43-18-15-23-76-43)68(108)79-38(9)58(98)87-49(32-93)65(105)82-44(21-22-52(73)95)60(100)85-47(28-42-30-75-33-78-42)63(103)84-46(27-35(5)6)62(102)86-48(29-53(74)96)64(104)83-45(26-34(3)4)61(101)80-39(10)70(110)92-25-17-20-51(92)67(107)81-40(11)71(111)91-24-16-19-50(91)66(106)77-31-54(97)88-57(41(12)94)69(109)90-56(72(112)113)37(8)14-2/h30,33-41,43-51,55-57,76,93-94H,13-29,31-32H2,1-12H3,(H2,73,95)(H2,74,96)(H,75,78)(H,77,106)(H,79,108)(H,80,101)(H,81,107)(H,82,105)(H,83,104)(H,84,103)(H,85,100)(H,86,102)(H,87,98)(H,88,97)(H,89,99)(H,90,109)(H,112,113)/t36-,37-,38-,39-,40-,41+,43-,44-,45-,46-,47-,48-,49-,50-,51-,55-,56-,57-/m0/s1. The number of aliphatic hydroxyl groups excluding tert-OH is 2. The molecule has 0 aromatic carbocycles. The van der Waals surface area contributed by atoms with Crippen molar-refractivity contribution in [2.45, 2.75) is 270 Å². The zero-order valence-electron chi connectivity index (χ0n) is 66.3. The number of hydrogen-bond acceptors (Lipinski definition) is 22. The molecule has 632 valence electrons. The Balaban J connectivity index is 1.43. The topological polar surface area (TPSA) is 624 Å². The lowest BCUT2D eigenvalue weighted by molar-refractivity contribution is -0.144. The molecule has 4 heterocycles. The van der Waals surface area contributed by atoms with E-state index < -0.39 is 236 Å². The maximum Gasteiger partial charge on any atom is 0.326 e. The van der Waals surface area contributed by atoms with Crippen LogP contribution >= 0.6 is 0 Å². The molecule has 22 N–H and O–H groups in total. The van der Waals surface area contributed by atoms with Crippen LogP contribution in [0.15, 0.2) is 12.5 Å². The van der Waals surface area contributed by atoms with Gasteiger partial charge in [0.1, 0.15) is 84.6 Å². The molecule has 1 aromatic heterocycles. The number of carbonyl (C=O) groups excluding carboxylic acids is 17. The quantitative estimate of drug-likeness (QED) is 0.0289. The van der Waals surface area contributed by atoms with Gasteiger partial charge in [-0.3, -0.25) is 81.5 Å². The number of nitrogens with zero attached hydrogens (tertiary/aromatic N) is 3. The number of nitrogens with two attached hydrogens (primary N) is 2. The van der Waals surface area contributed by atoms with Gasteiger partial charge in [0.25, 0.3) is 0 Å². The van der Waals surface area contributed by atoms with Gasteiger partial charge in [-0.25, -0.2) is 9.78 Å². The molecule has 18 atom stereocenters. The van der Waals surface area contributed by atoms with Gasteiger partial charge in [-0.05, 0) is 116 Å². The number of carboxylic acids is 1. The van der Waals surface area contributed by atoms with E-state index in [1.807, 2.05) is 6.92 Å². The molecule has 0 unspecified atom stereocenters. The number of carboxylic acid groups (broad SMARTS) is 1. The predicted octanol–water partition coefficient (Wildman–Crippen LogP) is -6.54. The number of likely N-dealkylation sites (tertiary alicyclic amines) is 2. The van der Waals surface area contributed by atoms with Gasteiger partial charge in [0, 0.05) is 32.1 Å². The average Bonchev–Trinajstić information content (AvgIpc) is 1.74. The van der Waals surface area contributed by atoms with Crippen molar-refractivity contribution < 1.29 is 102 Å². The first-order chi connectivity index (χ1) is 53.1. The SMILES string of the molecule is CC[C@H](C)[C@H](NC(=O)[C@@H](NC(=O)CNC(=O)[C@@H]1CCCN1C(=O)[C@H](C)NC(=O)[C@@H]1CCCN1C(=O)[C@H](C)NC(=O)[C@H](CC(C)C)NC(=O)[C@H](CC(N)=O)NC(=O)[C@H](CC(C)C)NC(=O)[C@H](Cc1c[nH]cn1)NC(=O)[C@H](CCC(N)=O)NC(=O)[C@H](CO)NC(=O)[C@H](C)NC(=O)[C@@H](NC(=O)[C@@H]1CCCN1)[C@@H](C)CC)[C@@H](C)O)C(=O)O. The van der Waals surface area contributed by atoms with E-state index in [1.54, 1.807) is 48.5 Å². The normalized spacial score (nSPS) is 19.3. The van der Waals surface area contributed by atoms with Crippen molar-refractivity contribution >= 4 is 106 Å². The molecule has 41 heteroatoms. The number of aliphatic carboxylic acids is 1. The zero-order chi connectivity index (χ0) is 84.8.